The minimum atomic E-state index is -2.06. The Morgan fingerprint density at radius 3 is 2.35 bits per heavy atom. The van der Waals surface area contributed by atoms with Gasteiger partial charge in [0.05, 0.1) is 0 Å². The average Bonchev–Trinajstić information content (AvgIpc) is 2.25. The van der Waals surface area contributed by atoms with E-state index in [0.717, 1.165) is 0 Å². The third-order valence-corrected chi connectivity index (χ3v) is 2.95. The summed E-state index contributed by atoms with van der Waals surface area (Å²) in [6, 6.07) is 0. The molecule has 17 heavy (non-hydrogen) atoms. The number of rotatable bonds is 7. The molecule has 5 heteroatoms. The van der Waals surface area contributed by atoms with Crippen LogP contribution in [0.5, 0.6) is 0 Å². The summed E-state index contributed by atoms with van der Waals surface area (Å²) >= 11 is 3.99. The molecule has 0 heterocycles. The van der Waals surface area contributed by atoms with Crippen molar-refractivity contribution in [1.29, 1.82) is 0 Å². The number of hydrogen-bond acceptors (Lipinski definition) is 5. The molecular weight excluding hydrogens is 240 g/mol. The standard InChI is InChI=1S/C12H22O4S/c1-5-10(17)16-11(14)12(4,15)9(13)7-6-8(2)3/h8,10,15,17H,5-7H2,1-4H3. The molecule has 0 aromatic heterocycles. The Morgan fingerprint density at radius 1 is 1.41 bits per heavy atom. The lowest BCUT2D eigenvalue weighted by Crippen LogP contribution is -2.45. The highest BCUT2D eigenvalue weighted by Gasteiger charge is 2.40. The first-order chi connectivity index (χ1) is 7.71. The maximum Gasteiger partial charge on any atom is 0.346 e. The summed E-state index contributed by atoms with van der Waals surface area (Å²) in [5.41, 5.74) is -2.66. The Labute approximate surface area is 108 Å². The molecule has 0 aromatic carbocycles. The molecule has 0 aliphatic rings. The average molecular weight is 262 g/mol. The van der Waals surface area contributed by atoms with E-state index in [-0.39, 0.29) is 6.42 Å². The summed E-state index contributed by atoms with van der Waals surface area (Å²) in [4.78, 5) is 23.3. The zero-order valence-corrected chi connectivity index (χ0v) is 11.8. The molecule has 0 fully saturated rings. The number of Topliss-reactive ketones (excluding diaryl/α,β-unsaturated/α-hetero) is 1. The molecule has 100 valence electrons. The normalized spacial score (nSPS) is 16.4. The minimum Gasteiger partial charge on any atom is -0.449 e. The second kappa shape index (κ2) is 7.01. The van der Waals surface area contributed by atoms with Crippen LogP contribution in [0.3, 0.4) is 0 Å². The van der Waals surface area contributed by atoms with Gasteiger partial charge in [-0.25, -0.2) is 4.79 Å². The van der Waals surface area contributed by atoms with Gasteiger partial charge in [0, 0.05) is 6.42 Å². The van der Waals surface area contributed by atoms with Crippen LogP contribution < -0.4 is 0 Å². The van der Waals surface area contributed by atoms with Crippen LogP contribution in [0, 0.1) is 5.92 Å². The fourth-order valence-corrected chi connectivity index (χ4v) is 1.19. The predicted octanol–water partition coefficient (Wildman–Crippen LogP) is 1.95. The molecule has 0 radical (unpaired) electrons. The second-order valence-corrected chi connectivity index (χ2v) is 5.27. The number of hydrogen-bond donors (Lipinski definition) is 2. The van der Waals surface area contributed by atoms with E-state index in [2.05, 4.69) is 12.6 Å². The topological polar surface area (TPSA) is 63.6 Å². The lowest BCUT2D eigenvalue weighted by Gasteiger charge is -2.22. The van der Waals surface area contributed by atoms with Gasteiger partial charge in [-0.2, -0.15) is 0 Å². The lowest BCUT2D eigenvalue weighted by molar-refractivity contribution is -0.170. The molecule has 0 aromatic rings. The van der Waals surface area contributed by atoms with Gasteiger partial charge in [0.2, 0.25) is 5.60 Å². The van der Waals surface area contributed by atoms with Crippen molar-refractivity contribution in [1.82, 2.24) is 0 Å². The van der Waals surface area contributed by atoms with Crippen LogP contribution in [0.25, 0.3) is 0 Å². The molecular formula is C12H22O4S. The Balaban J connectivity index is 4.43. The van der Waals surface area contributed by atoms with E-state index in [1.54, 1.807) is 6.92 Å². The Bertz CT molecular complexity index is 274. The number of ether oxygens (including phenoxy) is 1. The highest BCUT2D eigenvalue weighted by atomic mass is 32.1. The smallest absolute Gasteiger partial charge is 0.346 e. The van der Waals surface area contributed by atoms with Crippen molar-refractivity contribution < 1.29 is 19.4 Å². The van der Waals surface area contributed by atoms with Crippen molar-refractivity contribution in [2.75, 3.05) is 0 Å². The largest absolute Gasteiger partial charge is 0.449 e. The van der Waals surface area contributed by atoms with Crippen molar-refractivity contribution in [3.8, 4) is 0 Å². The van der Waals surface area contributed by atoms with Gasteiger partial charge >= 0.3 is 5.97 Å². The maximum absolute atomic E-state index is 11.7. The Hall–Kier alpha value is -0.550. The fourth-order valence-electron chi connectivity index (χ4n) is 1.10. The first-order valence-corrected chi connectivity index (χ1v) is 6.38. The molecule has 2 atom stereocenters. The van der Waals surface area contributed by atoms with Crippen molar-refractivity contribution in [3.63, 3.8) is 0 Å². The quantitative estimate of drug-likeness (QED) is 0.318. The number of esters is 1. The molecule has 0 bridgehead atoms. The van der Waals surface area contributed by atoms with E-state index in [4.69, 9.17) is 4.74 Å². The van der Waals surface area contributed by atoms with E-state index in [0.29, 0.717) is 18.8 Å². The molecule has 0 saturated heterocycles. The molecule has 4 nitrogen and oxygen atoms in total. The van der Waals surface area contributed by atoms with E-state index in [1.807, 2.05) is 13.8 Å². The maximum atomic E-state index is 11.7. The SMILES string of the molecule is CCC(S)OC(=O)C(C)(O)C(=O)CCC(C)C. The van der Waals surface area contributed by atoms with E-state index < -0.39 is 22.8 Å². The first-order valence-electron chi connectivity index (χ1n) is 5.86. The number of carbonyl (C=O) groups is 2. The van der Waals surface area contributed by atoms with Gasteiger partial charge in [-0.1, -0.05) is 20.8 Å². The van der Waals surface area contributed by atoms with Gasteiger partial charge in [-0.15, -0.1) is 12.6 Å². The third kappa shape index (κ3) is 5.55. The van der Waals surface area contributed by atoms with Gasteiger partial charge in [0.25, 0.3) is 0 Å². The molecule has 0 spiro atoms. The third-order valence-electron chi connectivity index (χ3n) is 2.48. The van der Waals surface area contributed by atoms with Crippen molar-refractivity contribution >= 4 is 24.4 Å². The van der Waals surface area contributed by atoms with Crippen LogP contribution in [-0.2, 0) is 14.3 Å². The minimum absolute atomic E-state index is 0.170. The van der Waals surface area contributed by atoms with Crippen LogP contribution in [0.2, 0.25) is 0 Å². The summed E-state index contributed by atoms with van der Waals surface area (Å²) in [5, 5.41) is 9.85. The van der Waals surface area contributed by atoms with Crippen LogP contribution in [0.1, 0.15) is 47.0 Å². The van der Waals surface area contributed by atoms with E-state index in [1.165, 1.54) is 6.92 Å². The van der Waals surface area contributed by atoms with Gasteiger partial charge in [-0.05, 0) is 25.7 Å². The molecule has 0 rings (SSSR count). The van der Waals surface area contributed by atoms with Crippen LogP contribution >= 0.6 is 12.6 Å². The van der Waals surface area contributed by atoms with Gasteiger partial charge in [0.15, 0.2) is 5.78 Å². The number of ketones is 1. The Kier molecular flexibility index (Phi) is 6.78. The number of carbonyl (C=O) groups excluding carboxylic acids is 2. The van der Waals surface area contributed by atoms with Crippen LogP contribution in [0.4, 0.5) is 0 Å². The van der Waals surface area contributed by atoms with Crippen LogP contribution in [-0.4, -0.2) is 27.9 Å². The summed E-state index contributed by atoms with van der Waals surface area (Å²) < 4.78 is 4.85. The summed E-state index contributed by atoms with van der Waals surface area (Å²) in [7, 11) is 0. The summed E-state index contributed by atoms with van der Waals surface area (Å²) in [5.74, 6) is -1.08. The van der Waals surface area contributed by atoms with Crippen molar-refractivity contribution in [2.24, 2.45) is 5.92 Å². The van der Waals surface area contributed by atoms with Gasteiger partial charge < -0.3 is 9.84 Å². The van der Waals surface area contributed by atoms with Crippen LogP contribution in [0.15, 0.2) is 0 Å². The van der Waals surface area contributed by atoms with Crippen molar-refractivity contribution in [3.05, 3.63) is 0 Å². The number of thiol groups is 1. The molecule has 1 N–H and O–H groups in total. The summed E-state index contributed by atoms with van der Waals surface area (Å²) in [6.07, 6.45) is 1.33. The van der Waals surface area contributed by atoms with Crippen molar-refractivity contribution in [2.45, 2.75) is 58.0 Å². The van der Waals surface area contributed by atoms with E-state index in [9.17, 15) is 14.7 Å². The fraction of sp³-hybridized carbons (Fsp3) is 0.833. The zero-order valence-electron chi connectivity index (χ0n) is 10.9. The zero-order chi connectivity index (χ0) is 13.6. The van der Waals surface area contributed by atoms with E-state index >= 15 is 0 Å². The number of aliphatic hydroxyl groups is 1. The molecule has 0 aliphatic carbocycles. The highest BCUT2D eigenvalue weighted by Crippen LogP contribution is 2.16. The van der Waals surface area contributed by atoms with Gasteiger partial charge in [0.1, 0.15) is 5.44 Å². The molecule has 0 saturated carbocycles. The lowest BCUT2D eigenvalue weighted by atomic mass is 9.94. The molecule has 2 unspecified atom stereocenters. The second-order valence-electron chi connectivity index (χ2n) is 4.70. The highest BCUT2D eigenvalue weighted by molar-refractivity contribution is 7.80. The summed E-state index contributed by atoms with van der Waals surface area (Å²) in [6.45, 7) is 6.91. The Morgan fingerprint density at radius 2 is 1.94 bits per heavy atom. The monoisotopic (exact) mass is 262 g/mol. The van der Waals surface area contributed by atoms with Gasteiger partial charge in [-0.3, -0.25) is 4.79 Å². The molecule has 0 amide bonds. The first kappa shape index (κ1) is 16.4. The predicted molar refractivity (Wildman–Crippen MR) is 68.9 cm³/mol. The molecule has 0 aliphatic heterocycles.